The predicted octanol–water partition coefficient (Wildman–Crippen LogP) is 4.19. The molecule has 0 radical (unpaired) electrons. The first-order chi connectivity index (χ1) is 14.3. The highest BCUT2D eigenvalue weighted by molar-refractivity contribution is 7.53. The van der Waals surface area contributed by atoms with Gasteiger partial charge in [-0.1, -0.05) is 36.4 Å². The van der Waals surface area contributed by atoms with Gasteiger partial charge in [0, 0.05) is 12.0 Å². The van der Waals surface area contributed by atoms with Crippen molar-refractivity contribution in [2.75, 3.05) is 13.2 Å². The number of carbonyl (C=O) groups is 2. The number of aryl methyl sites for hydroxylation is 1. The van der Waals surface area contributed by atoms with Crippen molar-refractivity contribution >= 4 is 19.5 Å². The molecule has 0 aromatic heterocycles. The molecule has 0 bridgehead atoms. The SMILES string of the molecule is CCOP(=O)(Cc1ccc(C(=O)N[C@H](Cc2ccccc2C)C(=O)O)cc1)OCC. The van der Waals surface area contributed by atoms with Crippen LogP contribution < -0.4 is 5.32 Å². The molecule has 0 aliphatic carbocycles. The van der Waals surface area contributed by atoms with Crippen LogP contribution in [0.2, 0.25) is 0 Å². The fourth-order valence-electron chi connectivity index (χ4n) is 3.01. The lowest BCUT2D eigenvalue weighted by Gasteiger charge is -2.17. The number of amides is 1. The number of carbonyl (C=O) groups excluding carboxylic acids is 1. The minimum Gasteiger partial charge on any atom is -0.480 e. The summed E-state index contributed by atoms with van der Waals surface area (Å²) in [5.41, 5.74) is 2.85. The van der Waals surface area contributed by atoms with Gasteiger partial charge in [-0.15, -0.1) is 0 Å². The first-order valence-electron chi connectivity index (χ1n) is 9.83. The molecule has 0 spiro atoms. The van der Waals surface area contributed by atoms with E-state index < -0.39 is 25.5 Å². The van der Waals surface area contributed by atoms with Crippen LogP contribution in [0.3, 0.4) is 0 Å². The Balaban J connectivity index is 2.07. The molecule has 7 nitrogen and oxygen atoms in total. The molecule has 0 fully saturated rings. The lowest BCUT2D eigenvalue weighted by Crippen LogP contribution is -2.42. The van der Waals surface area contributed by atoms with Gasteiger partial charge < -0.3 is 19.5 Å². The van der Waals surface area contributed by atoms with E-state index in [-0.39, 0.29) is 25.8 Å². The molecule has 8 heteroatoms. The van der Waals surface area contributed by atoms with Gasteiger partial charge in [-0.2, -0.15) is 0 Å². The predicted molar refractivity (Wildman–Crippen MR) is 115 cm³/mol. The first kappa shape index (κ1) is 23.8. The molecule has 0 aliphatic heterocycles. The van der Waals surface area contributed by atoms with Gasteiger partial charge in [0.1, 0.15) is 6.04 Å². The van der Waals surface area contributed by atoms with E-state index in [0.29, 0.717) is 11.1 Å². The summed E-state index contributed by atoms with van der Waals surface area (Å²) in [4.78, 5) is 24.2. The number of benzene rings is 2. The van der Waals surface area contributed by atoms with Gasteiger partial charge in [-0.3, -0.25) is 9.36 Å². The largest absolute Gasteiger partial charge is 0.480 e. The third-order valence-electron chi connectivity index (χ3n) is 4.53. The summed E-state index contributed by atoms with van der Waals surface area (Å²) in [5.74, 6) is -1.59. The Kier molecular flexibility index (Phi) is 8.78. The smallest absolute Gasteiger partial charge is 0.335 e. The van der Waals surface area contributed by atoms with Crippen LogP contribution in [0.5, 0.6) is 0 Å². The summed E-state index contributed by atoms with van der Waals surface area (Å²) in [6.45, 7) is 5.94. The van der Waals surface area contributed by atoms with E-state index in [4.69, 9.17) is 9.05 Å². The average molecular weight is 433 g/mol. The van der Waals surface area contributed by atoms with E-state index >= 15 is 0 Å². The number of nitrogens with one attached hydrogen (secondary N) is 1. The summed E-state index contributed by atoms with van der Waals surface area (Å²) in [6.07, 6.45) is 0.291. The lowest BCUT2D eigenvalue weighted by molar-refractivity contribution is -0.139. The fraction of sp³-hybridized carbons (Fsp3) is 0.364. The maximum absolute atomic E-state index is 12.6. The van der Waals surface area contributed by atoms with Crippen LogP contribution >= 0.6 is 7.60 Å². The quantitative estimate of drug-likeness (QED) is 0.516. The zero-order valence-corrected chi connectivity index (χ0v) is 18.4. The van der Waals surface area contributed by atoms with Crippen molar-refractivity contribution in [3.8, 4) is 0 Å². The van der Waals surface area contributed by atoms with Crippen LogP contribution in [0.25, 0.3) is 0 Å². The third kappa shape index (κ3) is 6.80. The van der Waals surface area contributed by atoms with Gasteiger partial charge >= 0.3 is 13.6 Å². The van der Waals surface area contributed by atoms with E-state index in [9.17, 15) is 19.3 Å². The maximum Gasteiger partial charge on any atom is 0.335 e. The van der Waals surface area contributed by atoms with Gasteiger partial charge in [0.15, 0.2) is 0 Å². The average Bonchev–Trinajstić information content (AvgIpc) is 2.69. The fourth-order valence-corrected chi connectivity index (χ4v) is 4.71. The van der Waals surface area contributed by atoms with Gasteiger partial charge in [0.05, 0.1) is 19.4 Å². The van der Waals surface area contributed by atoms with Crippen LogP contribution in [-0.2, 0) is 31.0 Å². The number of carboxylic acids is 1. The Morgan fingerprint density at radius 2 is 1.63 bits per heavy atom. The molecule has 0 aliphatic rings. The molecule has 1 atom stereocenters. The van der Waals surface area contributed by atoms with Crippen LogP contribution in [-0.4, -0.2) is 36.2 Å². The summed E-state index contributed by atoms with van der Waals surface area (Å²) in [5, 5.41) is 12.1. The monoisotopic (exact) mass is 433 g/mol. The van der Waals surface area contributed by atoms with Crippen molar-refractivity contribution in [2.24, 2.45) is 0 Å². The number of carboxylic acid groups (broad SMARTS) is 1. The van der Waals surface area contributed by atoms with Crippen LogP contribution in [0.1, 0.15) is 40.9 Å². The Bertz CT molecular complexity index is 902. The normalized spacial score (nSPS) is 12.4. The molecule has 0 saturated carbocycles. The molecule has 0 heterocycles. The summed E-state index contributed by atoms with van der Waals surface area (Å²) < 4.78 is 23.2. The van der Waals surface area contributed by atoms with Crippen molar-refractivity contribution in [1.82, 2.24) is 5.32 Å². The van der Waals surface area contributed by atoms with Crippen LogP contribution in [0, 0.1) is 6.92 Å². The molecular formula is C22H28NO6P. The molecule has 162 valence electrons. The molecular weight excluding hydrogens is 405 g/mol. The third-order valence-corrected chi connectivity index (χ3v) is 6.59. The van der Waals surface area contributed by atoms with Crippen LogP contribution in [0.4, 0.5) is 0 Å². The molecule has 2 rings (SSSR count). The highest BCUT2D eigenvalue weighted by Gasteiger charge is 2.25. The van der Waals surface area contributed by atoms with Crippen molar-refractivity contribution < 1.29 is 28.3 Å². The van der Waals surface area contributed by atoms with Crippen molar-refractivity contribution in [2.45, 2.75) is 39.4 Å². The lowest BCUT2D eigenvalue weighted by atomic mass is 10.0. The summed E-state index contributed by atoms with van der Waals surface area (Å²) >= 11 is 0. The highest BCUT2D eigenvalue weighted by Crippen LogP contribution is 2.51. The number of rotatable bonds is 11. The highest BCUT2D eigenvalue weighted by atomic mass is 31.2. The number of hydrogen-bond donors (Lipinski definition) is 2. The molecule has 2 aromatic carbocycles. The van der Waals surface area contributed by atoms with Gasteiger partial charge in [-0.25, -0.2) is 4.79 Å². The van der Waals surface area contributed by atoms with E-state index in [0.717, 1.165) is 11.1 Å². The van der Waals surface area contributed by atoms with Crippen molar-refractivity contribution in [3.63, 3.8) is 0 Å². The van der Waals surface area contributed by atoms with Crippen molar-refractivity contribution in [1.29, 1.82) is 0 Å². The molecule has 0 saturated heterocycles. The molecule has 1 amide bonds. The Labute approximate surface area is 176 Å². The van der Waals surface area contributed by atoms with E-state index in [1.54, 1.807) is 38.1 Å². The van der Waals surface area contributed by atoms with Crippen molar-refractivity contribution in [3.05, 3.63) is 70.8 Å². The molecule has 2 aromatic rings. The minimum atomic E-state index is -3.24. The van der Waals surface area contributed by atoms with Gasteiger partial charge in [0.2, 0.25) is 0 Å². The zero-order valence-electron chi connectivity index (χ0n) is 17.5. The second-order valence-corrected chi connectivity index (χ2v) is 8.85. The van der Waals surface area contributed by atoms with E-state index in [2.05, 4.69) is 5.32 Å². The summed E-state index contributed by atoms with van der Waals surface area (Å²) in [7, 11) is -3.24. The van der Waals surface area contributed by atoms with E-state index in [1.807, 2.05) is 31.2 Å². The first-order valence-corrected chi connectivity index (χ1v) is 11.6. The second kappa shape index (κ2) is 11.1. The second-order valence-electron chi connectivity index (χ2n) is 6.80. The minimum absolute atomic E-state index is 0.0988. The van der Waals surface area contributed by atoms with Gasteiger partial charge in [-0.05, 0) is 49.6 Å². The number of hydrogen-bond acceptors (Lipinski definition) is 5. The Morgan fingerprint density at radius 1 is 1.03 bits per heavy atom. The molecule has 0 unspecified atom stereocenters. The van der Waals surface area contributed by atoms with E-state index in [1.165, 1.54) is 0 Å². The Hall–Kier alpha value is -2.47. The topological polar surface area (TPSA) is 102 Å². The Morgan fingerprint density at radius 3 is 2.17 bits per heavy atom. The standard InChI is InChI=1S/C22H28NO6P/c1-4-28-30(27,29-5-2)15-17-10-12-18(13-11-17)21(24)23-20(22(25)26)14-19-9-7-6-8-16(19)3/h6-13,20H,4-5,14-15H2,1-3H3,(H,23,24)(H,25,26)/t20-/m1/s1. The molecule has 2 N–H and O–H groups in total. The van der Waals surface area contributed by atoms with Gasteiger partial charge in [0.25, 0.3) is 5.91 Å². The zero-order chi connectivity index (χ0) is 22.1. The molecule has 30 heavy (non-hydrogen) atoms. The summed E-state index contributed by atoms with van der Waals surface area (Å²) in [6, 6.07) is 12.9. The number of aliphatic carboxylic acids is 1. The maximum atomic E-state index is 12.6. The van der Waals surface area contributed by atoms with Crippen LogP contribution in [0.15, 0.2) is 48.5 Å².